The number of halogens is 2. The molecule has 0 aliphatic heterocycles. The van der Waals surface area contributed by atoms with Gasteiger partial charge >= 0.3 is 0 Å². The van der Waals surface area contributed by atoms with Crippen molar-refractivity contribution in [2.24, 2.45) is 11.3 Å². The molecule has 0 aromatic carbocycles. The Hall–Kier alpha value is -0.800. The molecule has 1 aromatic heterocycles. The van der Waals surface area contributed by atoms with E-state index in [9.17, 15) is 4.79 Å². The standard InChI is InChI=1S/C13H14Cl2N2O/c14-10-5-8(6-16-11(10)15)12(18)17-7-13(3-4-13)9-1-2-9/h5-6,9H,1-4,7H2,(H,17,18). The number of hydrogen-bond donors (Lipinski definition) is 1. The van der Waals surface area contributed by atoms with Crippen LogP contribution in [-0.4, -0.2) is 17.4 Å². The predicted molar refractivity (Wildman–Crippen MR) is 71.0 cm³/mol. The summed E-state index contributed by atoms with van der Waals surface area (Å²) >= 11 is 11.6. The van der Waals surface area contributed by atoms with Crippen molar-refractivity contribution in [3.63, 3.8) is 0 Å². The molecule has 1 N–H and O–H groups in total. The van der Waals surface area contributed by atoms with Gasteiger partial charge in [0, 0.05) is 12.7 Å². The number of nitrogens with one attached hydrogen (secondary N) is 1. The quantitative estimate of drug-likeness (QED) is 0.862. The van der Waals surface area contributed by atoms with Crippen molar-refractivity contribution in [3.8, 4) is 0 Å². The third-order valence-electron chi connectivity index (χ3n) is 4.00. The minimum atomic E-state index is -0.118. The summed E-state index contributed by atoms with van der Waals surface area (Å²) in [5.74, 6) is 0.720. The number of carbonyl (C=O) groups excluding carboxylic acids is 1. The molecule has 0 atom stereocenters. The van der Waals surface area contributed by atoms with Crippen LogP contribution in [0.25, 0.3) is 0 Å². The van der Waals surface area contributed by atoms with E-state index in [0.717, 1.165) is 12.5 Å². The highest BCUT2D eigenvalue weighted by Gasteiger charge is 2.53. The molecule has 0 saturated heterocycles. The minimum absolute atomic E-state index is 0.118. The maximum atomic E-state index is 12.0. The van der Waals surface area contributed by atoms with Crippen LogP contribution in [0.5, 0.6) is 0 Å². The molecular weight excluding hydrogens is 271 g/mol. The van der Waals surface area contributed by atoms with Gasteiger partial charge in [-0.15, -0.1) is 0 Å². The van der Waals surface area contributed by atoms with Crippen LogP contribution in [0.3, 0.4) is 0 Å². The second-order valence-corrected chi connectivity index (χ2v) is 6.08. The Morgan fingerprint density at radius 2 is 2.17 bits per heavy atom. The molecule has 2 aliphatic rings. The highest BCUT2D eigenvalue weighted by Crippen LogP contribution is 2.60. The molecule has 1 aromatic rings. The molecule has 5 heteroatoms. The van der Waals surface area contributed by atoms with Gasteiger partial charge in [-0.2, -0.15) is 0 Å². The molecule has 0 radical (unpaired) electrons. The summed E-state index contributed by atoms with van der Waals surface area (Å²) in [5, 5.41) is 3.53. The van der Waals surface area contributed by atoms with Gasteiger partial charge in [0.2, 0.25) is 0 Å². The van der Waals surface area contributed by atoms with Crippen LogP contribution in [0, 0.1) is 11.3 Å². The highest BCUT2D eigenvalue weighted by molar-refractivity contribution is 6.41. The summed E-state index contributed by atoms with van der Waals surface area (Å²) in [7, 11) is 0. The molecule has 0 unspecified atom stereocenters. The van der Waals surface area contributed by atoms with Crippen molar-refractivity contribution >= 4 is 29.1 Å². The first kappa shape index (κ1) is 12.2. The lowest BCUT2D eigenvalue weighted by atomic mass is 10.0. The number of aromatic nitrogens is 1. The number of nitrogens with zero attached hydrogens (tertiary/aromatic N) is 1. The van der Waals surface area contributed by atoms with Gasteiger partial charge < -0.3 is 5.32 Å². The average Bonchev–Trinajstić information content (AvgIpc) is 3.22. The van der Waals surface area contributed by atoms with Gasteiger partial charge in [0.1, 0.15) is 5.15 Å². The van der Waals surface area contributed by atoms with E-state index in [1.54, 1.807) is 6.07 Å². The largest absolute Gasteiger partial charge is 0.351 e. The number of rotatable bonds is 4. The van der Waals surface area contributed by atoms with E-state index in [1.165, 1.54) is 31.9 Å². The fourth-order valence-corrected chi connectivity index (χ4v) is 2.76. The number of hydrogen-bond acceptors (Lipinski definition) is 2. The third-order valence-corrected chi connectivity index (χ3v) is 4.68. The topological polar surface area (TPSA) is 42.0 Å². The fourth-order valence-electron chi connectivity index (χ4n) is 2.49. The summed E-state index contributed by atoms with van der Waals surface area (Å²) < 4.78 is 0. The van der Waals surface area contributed by atoms with Gasteiger partial charge in [-0.25, -0.2) is 4.98 Å². The lowest BCUT2D eigenvalue weighted by Gasteiger charge is -2.14. The zero-order valence-electron chi connectivity index (χ0n) is 9.88. The Balaban J connectivity index is 1.62. The van der Waals surface area contributed by atoms with E-state index in [1.807, 2.05) is 0 Å². The molecule has 1 heterocycles. The second-order valence-electron chi connectivity index (χ2n) is 5.32. The van der Waals surface area contributed by atoms with Crippen LogP contribution < -0.4 is 5.32 Å². The Labute approximate surface area is 116 Å². The summed E-state index contributed by atoms with van der Waals surface area (Å²) in [6, 6.07) is 1.56. The van der Waals surface area contributed by atoms with Crippen LogP contribution >= 0.6 is 23.2 Å². The molecule has 1 amide bonds. The molecule has 3 nitrogen and oxygen atoms in total. The molecule has 96 valence electrons. The van der Waals surface area contributed by atoms with E-state index >= 15 is 0 Å². The van der Waals surface area contributed by atoms with E-state index in [4.69, 9.17) is 23.2 Å². The SMILES string of the molecule is O=C(NCC1(C2CC2)CC1)c1cnc(Cl)c(Cl)c1. The lowest BCUT2D eigenvalue weighted by Crippen LogP contribution is -2.31. The second kappa shape index (κ2) is 4.39. The first-order valence-electron chi connectivity index (χ1n) is 6.20. The van der Waals surface area contributed by atoms with E-state index in [-0.39, 0.29) is 11.1 Å². The minimum Gasteiger partial charge on any atom is -0.351 e. The highest BCUT2D eigenvalue weighted by atomic mass is 35.5. The van der Waals surface area contributed by atoms with Gasteiger partial charge in [-0.05, 0) is 43.1 Å². The summed E-state index contributed by atoms with van der Waals surface area (Å²) in [5.41, 5.74) is 0.871. The number of pyridine rings is 1. The van der Waals surface area contributed by atoms with Crippen molar-refractivity contribution in [1.29, 1.82) is 0 Å². The monoisotopic (exact) mass is 284 g/mol. The van der Waals surface area contributed by atoms with Crippen molar-refractivity contribution in [2.45, 2.75) is 25.7 Å². The van der Waals surface area contributed by atoms with Crippen LogP contribution in [0.4, 0.5) is 0 Å². The first-order chi connectivity index (χ1) is 8.61. The van der Waals surface area contributed by atoms with E-state index in [0.29, 0.717) is 16.0 Å². The summed E-state index contributed by atoms with van der Waals surface area (Å²) in [4.78, 5) is 15.9. The zero-order chi connectivity index (χ0) is 12.8. The van der Waals surface area contributed by atoms with Crippen molar-refractivity contribution in [2.75, 3.05) is 6.54 Å². The van der Waals surface area contributed by atoms with Crippen LogP contribution in [-0.2, 0) is 0 Å². The molecule has 2 aliphatic carbocycles. The molecule has 0 bridgehead atoms. The number of carbonyl (C=O) groups is 1. The van der Waals surface area contributed by atoms with Crippen molar-refractivity contribution in [1.82, 2.24) is 10.3 Å². The average molecular weight is 285 g/mol. The molecule has 0 spiro atoms. The smallest absolute Gasteiger partial charge is 0.252 e. The molecule has 2 fully saturated rings. The first-order valence-corrected chi connectivity index (χ1v) is 6.96. The summed E-state index contributed by atoms with van der Waals surface area (Å²) in [6.45, 7) is 0.775. The fraction of sp³-hybridized carbons (Fsp3) is 0.538. The number of amides is 1. The van der Waals surface area contributed by atoms with Gasteiger partial charge in [-0.3, -0.25) is 4.79 Å². The van der Waals surface area contributed by atoms with Crippen LogP contribution in [0.1, 0.15) is 36.0 Å². The zero-order valence-corrected chi connectivity index (χ0v) is 11.4. The van der Waals surface area contributed by atoms with Crippen LogP contribution in [0.2, 0.25) is 10.2 Å². The Morgan fingerprint density at radius 3 is 2.72 bits per heavy atom. The molecule has 2 saturated carbocycles. The molecule has 18 heavy (non-hydrogen) atoms. The maximum absolute atomic E-state index is 12.0. The van der Waals surface area contributed by atoms with E-state index < -0.39 is 0 Å². The van der Waals surface area contributed by atoms with Gasteiger partial charge in [-0.1, -0.05) is 23.2 Å². The molecule has 3 rings (SSSR count). The lowest BCUT2D eigenvalue weighted by molar-refractivity contribution is 0.0942. The predicted octanol–water partition coefficient (Wildman–Crippen LogP) is 3.31. The normalized spacial score (nSPS) is 20.6. The third kappa shape index (κ3) is 2.34. The van der Waals surface area contributed by atoms with Crippen molar-refractivity contribution < 1.29 is 4.79 Å². The van der Waals surface area contributed by atoms with Gasteiger partial charge in [0.25, 0.3) is 5.91 Å². The molecular formula is C13H14Cl2N2O. The summed E-state index contributed by atoms with van der Waals surface area (Å²) in [6.07, 6.45) is 6.60. The Bertz CT molecular complexity index is 496. The van der Waals surface area contributed by atoms with Crippen LogP contribution in [0.15, 0.2) is 12.3 Å². The maximum Gasteiger partial charge on any atom is 0.252 e. The Kier molecular flexibility index (Phi) is 2.99. The van der Waals surface area contributed by atoms with Crippen molar-refractivity contribution in [3.05, 3.63) is 28.0 Å². The van der Waals surface area contributed by atoms with Gasteiger partial charge in [0.05, 0.1) is 10.6 Å². The Morgan fingerprint density at radius 1 is 1.44 bits per heavy atom. The van der Waals surface area contributed by atoms with E-state index in [2.05, 4.69) is 10.3 Å². The van der Waals surface area contributed by atoms with Gasteiger partial charge in [0.15, 0.2) is 0 Å².